The van der Waals surface area contributed by atoms with Crippen molar-refractivity contribution in [1.29, 1.82) is 0 Å². The van der Waals surface area contributed by atoms with E-state index in [1.165, 1.54) is 22.3 Å². The van der Waals surface area contributed by atoms with Crippen LogP contribution in [-0.4, -0.2) is 91.4 Å². The lowest BCUT2D eigenvalue weighted by Gasteiger charge is -2.40. The molecule has 4 amide bonds. The van der Waals surface area contributed by atoms with E-state index in [9.17, 15) is 23.6 Å². The number of benzene rings is 1. The number of halogens is 1. The predicted molar refractivity (Wildman–Crippen MR) is 172 cm³/mol. The molecule has 1 aromatic carbocycles. The minimum Gasteiger partial charge on any atom is -0.370 e. The highest BCUT2D eigenvalue weighted by atomic mass is 32.1. The Bertz CT molecular complexity index is 1490. The van der Waals surface area contributed by atoms with Crippen molar-refractivity contribution in [1.82, 2.24) is 25.8 Å². The van der Waals surface area contributed by atoms with Gasteiger partial charge in [0.25, 0.3) is 11.8 Å². The van der Waals surface area contributed by atoms with Crippen molar-refractivity contribution in [2.45, 2.75) is 76.5 Å². The van der Waals surface area contributed by atoms with Crippen molar-refractivity contribution < 1.29 is 28.3 Å². The second-order valence-electron chi connectivity index (χ2n) is 13.3. The van der Waals surface area contributed by atoms with Crippen LogP contribution < -0.4 is 16.0 Å². The van der Waals surface area contributed by atoms with Crippen molar-refractivity contribution in [3.63, 3.8) is 0 Å². The Labute approximate surface area is 273 Å². The number of amides is 4. The molecule has 2 saturated heterocycles. The number of hydrogen-bond acceptors (Lipinski definition) is 7. The molecule has 0 saturated carbocycles. The van der Waals surface area contributed by atoms with E-state index in [1.54, 1.807) is 17.0 Å². The van der Waals surface area contributed by atoms with E-state index < -0.39 is 23.8 Å². The number of rotatable bonds is 2. The zero-order chi connectivity index (χ0) is 32.4. The molecular weight excluding hydrogens is 609 g/mol. The average Bonchev–Trinajstić information content (AvgIpc) is 3.71. The maximum Gasteiger partial charge on any atom is 0.264 e. The Kier molecular flexibility index (Phi) is 9.77. The molecule has 2 aromatic rings. The predicted octanol–water partition coefficient (Wildman–Crippen LogP) is 2.99. The molecule has 2 fully saturated rings. The molecule has 0 aliphatic carbocycles. The zero-order valence-electron chi connectivity index (χ0n) is 26.7. The minimum absolute atomic E-state index is 0.0435. The molecule has 0 radical (unpaired) electrons. The lowest BCUT2D eigenvalue weighted by molar-refractivity contribution is -0.126. The molecule has 4 aliphatic rings. The first-order chi connectivity index (χ1) is 22.1. The summed E-state index contributed by atoms with van der Waals surface area (Å²) in [5, 5.41) is 9.42. The summed E-state index contributed by atoms with van der Waals surface area (Å²) in [5.41, 5.74) is 1.43. The Balaban J connectivity index is 1.29. The van der Waals surface area contributed by atoms with Crippen molar-refractivity contribution in [3.8, 4) is 0 Å². The molecule has 10 nitrogen and oxygen atoms in total. The molecule has 248 valence electrons. The van der Waals surface area contributed by atoms with Gasteiger partial charge in [-0.2, -0.15) is 0 Å². The van der Waals surface area contributed by atoms with Crippen LogP contribution in [0.4, 0.5) is 4.39 Å². The summed E-state index contributed by atoms with van der Waals surface area (Å²) in [6.45, 7) is 6.93. The Hall–Kier alpha value is -3.35. The van der Waals surface area contributed by atoms with E-state index in [1.807, 2.05) is 19.9 Å². The standard InChI is InChI=1S/C34H44FN5O5S/c1-21(2)26-19-39(33(44)29-18-24-28(46-29)9-16-45-34(24)10-13-36-14-11-34)20-30(41)37-12-3-5-22-7-8-25(35)23(17-22)32(43)40-15-4-6-27(40)31(42)38-26/h7-8,17-18,21,26-27,36H,3-6,9-16,19-20H2,1-2H3,(H,37,41)(H,38,42)/t26-,27-/m0/s1. The van der Waals surface area contributed by atoms with Crippen LogP contribution in [0.25, 0.3) is 0 Å². The Morgan fingerprint density at radius 1 is 1.09 bits per heavy atom. The monoisotopic (exact) mass is 653 g/mol. The Morgan fingerprint density at radius 2 is 1.89 bits per heavy atom. The molecule has 12 heteroatoms. The smallest absolute Gasteiger partial charge is 0.264 e. The van der Waals surface area contributed by atoms with Gasteiger partial charge in [-0.15, -0.1) is 11.3 Å². The molecular formula is C34H44FN5O5S. The molecule has 3 N–H and O–H groups in total. The second-order valence-corrected chi connectivity index (χ2v) is 14.4. The van der Waals surface area contributed by atoms with Crippen molar-refractivity contribution in [2.24, 2.45) is 5.92 Å². The lowest BCUT2D eigenvalue weighted by atomic mass is 9.83. The summed E-state index contributed by atoms with van der Waals surface area (Å²) in [4.78, 5) is 59.5. The number of aryl methyl sites for hydroxylation is 1. The fourth-order valence-electron chi connectivity index (χ4n) is 7.16. The van der Waals surface area contributed by atoms with E-state index in [2.05, 4.69) is 16.0 Å². The topological polar surface area (TPSA) is 120 Å². The average molecular weight is 654 g/mol. The molecule has 2 atom stereocenters. The quantitative estimate of drug-likeness (QED) is 0.459. The molecule has 1 aromatic heterocycles. The summed E-state index contributed by atoms with van der Waals surface area (Å²) < 4.78 is 21.2. The molecule has 6 rings (SSSR count). The number of nitrogens with zero attached hydrogens (tertiary/aromatic N) is 2. The van der Waals surface area contributed by atoms with Crippen molar-refractivity contribution >= 4 is 35.0 Å². The molecule has 2 bridgehead atoms. The number of hydrogen-bond donors (Lipinski definition) is 3. The van der Waals surface area contributed by atoms with Gasteiger partial charge < -0.3 is 30.5 Å². The molecule has 5 heterocycles. The highest BCUT2D eigenvalue weighted by Crippen LogP contribution is 2.43. The first-order valence-electron chi connectivity index (χ1n) is 16.6. The number of ether oxygens (including phenoxy) is 1. The maximum absolute atomic E-state index is 14.9. The van der Waals surface area contributed by atoms with Gasteiger partial charge in [-0.3, -0.25) is 19.2 Å². The van der Waals surface area contributed by atoms with Crippen LogP contribution in [-0.2, 0) is 32.8 Å². The number of thiophene rings is 1. The van der Waals surface area contributed by atoms with Gasteiger partial charge in [0.1, 0.15) is 11.9 Å². The fraction of sp³-hybridized carbons (Fsp3) is 0.588. The summed E-state index contributed by atoms with van der Waals surface area (Å²) >= 11 is 1.48. The number of piperidine rings is 1. The van der Waals surface area contributed by atoms with Gasteiger partial charge in [-0.1, -0.05) is 19.9 Å². The largest absolute Gasteiger partial charge is 0.370 e. The van der Waals surface area contributed by atoms with Crippen LogP contribution in [0.5, 0.6) is 0 Å². The zero-order valence-corrected chi connectivity index (χ0v) is 27.5. The van der Waals surface area contributed by atoms with Gasteiger partial charge in [0.05, 0.1) is 29.2 Å². The number of fused-ring (bicyclic) bond motifs is 5. The minimum atomic E-state index is -0.745. The van der Waals surface area contributed by atoms with Crippen LogP contribution in [0.3, 0.4) is 0 Å². The van der Waals surface area contributed by atoms with E-state index in [0.29, 0.717) is 50.3 Å². The van der Waals surface area contributed by atoms with Gasteiger partial charge in [0.2, 0.25) is 11.8 Å². The highest BCUT2D eigenvalue weighted by Gasteiger charge is 2.42. The van der Waals surface area contributed by atoms with Crippen LogP contribution >= 0.6 is 11.3 Å². The Morgan fingerprint density at radius 3 is 2.67 bits per heavy atom. The van der Waals surface area contributed by atoms with Crippen molar-refractivity contribution in [2.75, 3.05) is 45.9 Å². The number of carbonyl (C=O) groups excluding carboxylic acids is 4. The third-order valence-corrected chi connectivity index (χ3v) is 11.0. The first-order valence-corrected chi connectivity index (χ1v) is 17.4. The summed E-state index contributed by atoms with van der Waals surface area (Å²) in [5.74, 6) is -2.06. The number of nitrogens with one attached hydrogen (secondary N) is 3. The van der Waals surface area contributed by atoms with Crippen LogP contribution in [0.1, 0.15) is 82.0 Å². The van der Waals surface area contributed by atoms with Crippen LogP contribution in [0.15, 0.2) is 24.3 Å². The summed E-state index contributed by atoms with van der Waals surface area (Å²) in [6, 6.07) is 5.23. The van der Waals surface area contributed by atoms with E-state index in [-0.39, 0.29) is 47.9 Å². The summed E-state index contributed by atoms with van der Waals surface area (Å²) in [6.07, 6.45) is 4.64. The SMILES string of the molecule is CC(C)[C@@H]1CN(C(=O)c2cc3c(s2)CCOC32CCNCC2)CC(=O)NCCCc2ccc(F)c(c2)C(=O)N2CCC[C@H]2C(=O)N1. The van der Waals surface area contributed by atoms with Gasteiger partial charge >= 0.3 is 0 Å². The maximum atomic E-state index is 14.9. The highest BCUT2D eigenvalue weighted by molar-refractivity contribution is 7.14. The van der Waals surface area contributed by atoms with Gasteiger partial charge in [0, 0.05) is 37.0 Å². The normalized spacial score (nSPS) is 24.3. The fourth-order valence-corrected chi connectivity index (χ4v) is 8.36. The second kappa shape index (κ2) is 13.8. The van der Waals surface area contributed by atoms with Crippen LogP contribution in [0.2, 0.25) is 0 Å². The molecule has 0 unspecified atom stereocenters. The molecule has 1 spiro atoms. The molecule has 46 heavy (non-hydrogen) atoms. The van der Waals surface area contributed by atoms with E-state index in [4.69, 9.17) is 4.74 Å². The van der Waals surface area contributed by atoms with E-state index in [0.717, 1.165) is 48.4 Å². The van der Waals surface area contributed by atoms with Gasteiger partial charge in [-0.05, 0) is 86.9 Å². The van der Waals surface area contributed by atoms with Crippen LogP contribution in [0, 0.1) is 11.7 Å². The first kappa shape index (κ1) is 32.6. The van der Waals surface area contributed by atoms with Gasteiger partial charge in [0.15, 0.2) is 0 Å². The van der Waals surface area contributed by atoms with Crippen molar-refractivity contribution in [3.05, 3.63) is 56.5 Å². The lowest BCUT2D eigenvalue weighted by Crippen LogP contribution is -2.54. The van der Waals surface area contributed by atoms with Gasteiger partial charge in [-0.25, -0.2) is 4.39 Å². The molecule has 4 aliphatic heterocycles. The summed E-state index contributed by atoms with van der Waals surface area (Å²) in [7, 11) is 0. The third-order valence-electron chi connectivity index (χ3n) is 9.84. The van der Waals surface area contributed by atoms with E-state index >= 15 is 0 Å². The third kappa shape index (κ3) is 6.70. The number of carbonyl (C=O) groups is 4.